The second-order valence-corrected chi connectivity index (χ2v) is 38.8. The maximum atomic E-state index is 12.1. The number of methoxy groups -OCH3 is 3. The first kappa shape index (κ1) is 94.3. The number of hydrogen-bond donors (Lipinski definition) is 5. The molecular weight excluding hydrogens is 1720 g/mol. The minimum Gasteiger partial charge on any atom is -0.508 e. The first-order valence-electron chi connectivity index (χ1n) is 45.4. The molecule has 16 fully saturated rings. The Kier molecular flexibility index (Phi) is 29.2. The zero-order valence-corrected chi connectivity index (χ0v) is 76.4. The standard InChI is InChI=1S/C38H38N2O10.C31H40O8.C19H22O3.C12H19BrO5/c1-45-38(37(49-50-38)24-11-20-10-21(13-24)14-25(37)12-20)30-16-27(47-36-35(44)34(43)33(42)32(19-41)48-36)9-7-22(30)6-8-26-15-29(23(17-39)18-40)28-4-2-3-5-31(28)46-26;1-16-17(2)29(37-19(4)34)31(39-27(16)15-36-18(3)33)38-25-7-6-22(14-32)26(13-25)30(35-5)28-23-9-20-8-21(11-23)12-24(28)10-20;1-22-19(17-9-16(21)3-2-13(17)10-20)18-14-5-11-4-12(7-14)8-15(18)6-11;1-6-7(2)11(17-9(4)15)12(13)18-10(6)5-16-8(3)14/h2-9,15-16,20-21,24-25,32-36,41-44H,10-14,19H2,1H3;6-7,13-14,16-17,20-21,23-24,27,29,31H,8-12,15H2,1-5H3;2-3,9-12,14-15,21H,4-8H2,1H3;6-7,10-12H,5H2,1-4H3/b8-6+;;;/t20?,21?,24?,25?,32?,33-,34-,35?,36+,37?,38?;16-,17+,20?,21?,23?,24?,27?,29?,31-;;6-,7+,10?,11?,12-/m01.1/s1. The van der Waals surface area contributed by atoms with Crippen LogP contribution in [0.1, 0.15) is 200 Å². The van der Waals surface area contributed by atoms with Crippen molar-refractivity contribution in [3.05, 3.63) is 152 Å². The van der Waals surface area contributed by atoms with Gasteiger partial charge in [-0.1, -0.05) is 74.0 Å². The Morgan fingerprint density at radius 2 is 1.00 bits per heavy atom. The van der Waals surface area contributed by atoms with Crippen LogP contribution < -0.4 is 14.2 Å². The molecular formula is C100H119BrN2O26. The molecule has 17 aliphatic rings. The van der Waals surface area contributed by atoms with Crippen LogP contribution in [0, 0.1) is 117 Å². The molecule has 12 aliphatic carbocycles. The topological polar surface area (TPSA) is 390 Å². The number of rotatable bonds is 21. The summed E-state index contributed by atoms with van der Waals surface area (Å²) < 4.78 is 75.4. The Balaban J connectivity index is 0.000000143. The molecule has 21 rings (SSSR count). The Labute approximate surface area is 760 Å². The molecule has 4 aromatic carbocycles. The fourth-order valence-corrected chi connectivity index (χ4v) is 25.2. The summed E-state index contributed by atoms with van der Waals surface area (Å²) in [5.74, 6) is 8.03. The first-order valence-corrected chi connectivity index (χ1v) is 46.3. The van der Waals surface area contributed by atoms with Gasteiger partial charge in [-0.3, -0.25) is 28.8 Å². The molecule has 692 valence electrons. The number of halogens is 1. The average molecular weight is 1840 g/mol. The summed E-state index contributed by atoms with van der Waals surface area (Å²) in [5.41, 5.74) is 6.94. The molecule has 5 aliphatic heterocycles. The fourth-order valence-electron chi connectivity index (χ4n) is 24.3. The number of para-hydroxylation sites is 1. The van der Waals surface area contributed by atoms with Crippen LogP contribution in [-0.4, -0.2) is 175 Å². The first-order chi connectivity index (χ1) is 61.9. The number of phenols is 1. The van der Waals surface area contributed by atoms with E-state index in [2.05, 4.69) is 15.9 Å². The Morgan fingerprint density at radius 3 is 1.49 bits per heavy atom. The number of alkyl halides is 1. The number of esters is 4. The third kappa shape index (κ3) is 19.1. The minimum absolute atomic E-state index is 0.0378. The van der Waals surface area contributed by atoms with Crippen molar-refractivity contribution in [2.24, 2.45) is 94.7 Å². The van der Waals surface area contributed by atoms with E-state index in [1.165, 1.54) is 109 Å². The number of carbonyl (C=O) groups is 6. The van der Waals surface area contributed by atoms with E-state index in [1.54, 1.807) is 94.1 Å². The normalized spacial score (nSPS) is 35.8. The molecule has 4 saturated heterocycles. The summed E-state index contributed by atoms with van der Waals surface area (Å²) in [7, 11) is 4.96. The minimum atomic E-state index is -1.60. The van der Waals surface area contributed by atoms with E-state index in [0.717, 1.165) is 79.0 Å². The molecule has 0 radical (unpaired) electrons. The van der Waals surface area contributed by atoms with Gasteiger partial charge in [0.15, 0.2) is 24.3 Å². The van der Waals surface area contributed by atoms with Gasteiger partial charge in [-0.25, -0.2) is 4.89 Å². The van der Waals surface area contributed by atoms with Crippen molar-refractivity contribution < 1.29 is 126 Å². The number of benzene rings is 4. The number of allylic oxidation sites excluding steroid dienone is 6. The number of ether oxygens (including phenoxy) is 13. The molecule has 0 amide bonds. The molecule has 7 unspecified atom stereocenters. The van der Waals surface area contributed by atoms with Crippen LogP contribution >= 0.6 is 15.9 Å². The highest BCUT2D eigenvalue weighted by molar-refractivity contribution is 9.09. The molecule has 129 heavy (non-hydrogen) atoms. The van der Waals surface area contributed by atoms with Crippen molar-refractivity contribution in [2.45, 2.75) is 230 Å². The Morgan fingerprint density at radius 1 is 0.527 bits per heavy atom. The third-order valence-corrected chi connectivity index (χ3v) is 30.8. The average Bonchev–Trinajstić information content (AvgIpc) is 0.666. The maximum Gasteiger partial charge on any atom is 0.303 e. The molecule has 5 N–H and O–H groups in total. The van der Waals surface area contributed by atoms with Gasteiger partial charge in [0, 0.05) is 85.6 Å². The number of nitrogens with zero attached hydrogens (tertiary/aromatic N) is 2. The van der Waals surface area contributed by atoms with Crippen LogP contribution in [0.4, 0.5) is 0 Å². The van der Waals surface area contributed by atoms with Gasteiger partial charge in [-0.15, -0.1) is 0 Å². The van der Waals surface area contributed by atoms with E-state index in [1.807, 2.05) is 64.1 Å². The number of aliphatic hydroxyl groups is 4. The van der Waals surface area contributed by atoms with Gasteiger partial charge in [0.25, 0.3) is 5.79 Å². The van der Waals surface area contributed by atoms with Gasteiger partial charge in [0.05, 0.1) is 33.0 Å². The van der Waals surface area contributed by atoms with Crippen LogP contribution in [0.5, 0.6) is 23.0 Å². The van der Waals surface area contributed by atoms with Gasteiger partial charge in [-0.05, 0) is 263 Å². The highest BCUT2D eigenvalue weighted by Crippen LogP contribution is 2.70. The quantitative estimate of drug-likeness (QED) is 0.00983. The molecule has 12 saturated carbocycles. The molecule has 16 atom stereocenters. The lowest BCUT2D eigenvalue weighted by Gasteiger charge is -2.68. The predicted molar refractivity (Wildman–Crippen MR) is 469 cm³/mol. The van der Waals surface area contributed by atoms with Crippen LogP contribution in [0.2, 0.25) is 0 Å². The molecule has 1 spiro atoms. The summed E-state index contributed by atoms with van der Waals surface area (Å²) in [5, 5.41) is 69.9. The van der Waals surface area contributed by atoms with Gasteiger partial charge in [0.1, 0.15) is 107 Å². The zero-order chi connectivity index (χ0) is 91.8. The van der Waals surface area contributed by atoms with E-state index < -0.39 is 79.1 Å². The smallest absolute Gasteiger partial charge is 0.303 e. The number of aromatic hydroxyl groups is 1. The van der Waals surface area contributed by atoms with Crippen molar-refractivity contribution in [3.8, 4) is 35.1 Å². The van der Waals surface area contributed by atoms with Crippen LogP contribution in [0.15, 0.2) is 113 Å². The van der Waals surface area contributed by atoms with Crippen molar-refractivity contribution in [1.29, 1.82) is 10.5 Å². The molecule has 12 bridgehead atoms. The van der Waals surface area contributed by atoms with E-state index in [0.29, 0.717) is 91.7 Å². The summed E-state index contributed by atoms with van der Waals surface area (Å²) in [4.78, 5) is 81.1. The number of carbonyl (C=O) groups excluding carboxylic acids is 6. The van der Waals surface area contributed by atoms with Gasteiger partial charge in [0.2, 0.25) is 12.6 Å². The molecule has 5 heterocycles. The second-order valence-electron chi connectivity index (χ2n) is 37.9. The number of hydrogen-bond acceptors (Lipinski definition) is 28. The zero-order valence-electron chi connectivity index (χ0n) is 74.8. The predicted octanol–water partition coefficient (Wildman–Crippen LogP) is 14.7. The summed E-state index contributed by atoms with van der Waals surface area (Å²) in [6, 6.07) is 26.5. The molecule has 28 nitrogen and oxygen atoms in total. The number of phenolic OH excluding ortho intramolecular Hbond substituents is 1. The van der Waals surface area contributed by atoms with Gasteiger partial charge in [-0.2, -0.15) is 15.4 Å². The lowest BCUT2D eigenvalue weighted by atomic mass is 9.47. The van der Waals surface area contributed by atoms with E-state index in [9.17, 15) is 64.8 Å². The number of aliphatic hydroxyl groups excluding tert-OH is 4. The van der Waals surface area contributed by atoms with Gasteiger partial charge >= 0.3 is 23.9 Å². The highest BCUT2D eigenvalue weighted by Gasteiger charge is 2.77. The number of fused-ring (bicyclic) bond motifs is 1. The van der Waals surface area contributed by atoms with E-state index >= 15 is 0 Å². The third-order valence-electron chi connectivity index (χ3n) is 30.1. The monoisotopic (exact) mass is 1840 g/mol. The summed E-state index contributed by atoms with van der Waals surface area (Å²) in [6.45, 7) is 13.1. The van der Waals surface area contributed by atoms with Crippen molar-refractivity contribution in [1.82, 2.24) is 0 Å². The lowest BCUT2D eigenvalue weighted by Crippen LogP contribution is -2.76. The number of aldehydes is 2. The molecule has 0 aromatic heterocycles. The van der Waals surface area contributed by atoms with E-state index in [-0.39, 0.29) is 95.0 Å². The highest BCUT2D eigenvalue weighted by atomic mass is 79.9. The second kappa shape index (κ2) is 40.0. The van der Waals surface area contributed by atoms with Crippen LogP contribution in [0.3, 0.4) is 0 Å². The lowest BCUT2D eigenvalue weighted by molar-refractivity contribution is -0.645. The Hall–Kier alpha value is -9.34. The van der Waals surface area contributed by atoms with E-state index in [4.69, 9.17) is 71.4 Å². The fraction of sp³-hybridized carbons (Fsp3) is 0.580. The number of nitriles is 2. The van der Waals surface area contributed by atoms with Crippen molar-refractivity contribution in [3.63, 3.8) is 0 Å². The van der Waals surface area contributed by atoms with Gasteiger partial charge < -0.3 is 87.1 Å². The summed E-state index contributed by atoms with van der Waals surface area (Å²) >= 11 is 3.36. The maximum absolute atomic E-state index is 12.1. The van der Waals surface area contributed by atoms with Crippen molar-refractivity contribution in [2.75, 3.05) is 41.2 Å². The summed E-state index contributed by atoms with van der Waals surface area (Å²) in [6.07, 6.45) is 15.1. The SMILES string of the molecule is CC(=O)OCC1O[C@@H](Br)C(OC(C)=O)[C@@H](C)[C@H]1C.COC(=C1C2CC3CC(C2)CC1C3)c1cc(O)ccc1C=O.COC(=C1C2CC3CC(C2)CC1C3)c1cc(O[C@@H]2OC(COC(C)=O)[C@H](C)[C@H](C)C2OC(C)=O)ccc1C=O.COC1(c2cc(O[C@@H]3OC(CO)[C@H](O)[C@H](O)C3O)ccc2/C=C/C2=CC(=C(C#N)C#N)c3ccccc3O2)OOC12C1CC3CC(C1)CC2C3. The molecule has 29 heteroatoms. The Bertz CT molecular complexity index is 4980. The van der Waals surface area contributed by atoms with Crippen LogP contribution in [0.25, 0.3) is 23.2 Å². The largest absolute Gasteiger partial charge is 0.508 e. The van der Waals surface area contributed by atoms with Crippen molar-refractivity contribution >= 4 is 75.5 Å². The molecule has 4 aromatic rings. The van der Waals surface area contributed by atoms with Crippen LogP contribution in [-0.2, 0) is 82.1 Å².